The second-order valence-electron chi connectivity index (χ2n) is 6.92. The lowest BCUT2D eigenvalue weighted by Crippen LogP contribution is -2.38. The lowest BCUT2D eigenvalue weighted by molar-refractivity contribution is 0.0338. The average Bonchev–Trinajstić information content (AvgIpc) is 3.05. The Morgan fingerprint density at radius 1 is 1.31 bits per heavy atom. The second kappa shape index (κ2) is 7.16. The molecule has 0 radical (unpaired) electrons. The molecule has 8 nitrogen and oxygen atoms in total. The van der Waals surface area contributed by atoms with Gasteiger partial charge in [0.2, 0.25) is 5.95 Å². The number of nitrogens with one attached hydrogen (secondary N) is 1. The van der Waals surface area contributed by atoms with E-state index in [1.165, 1.54) is 6.20 Å². The number of anilines is 2. The van der Waals surface area contributed by atoms with Crippen LogP contribution in [0.4, 0.5) is 16.2 Å². The summed E-state index contributed by atoms with van der Waals surface area (Å²) in [4.78, 5) is 10.4. The minimum Gasteiger partial charge on any atom is -0.393 e. The third kappa shape index (κ3) is 3.49. The van der Waals surface area contributed by atoms with Gasteiger partial charge in [0.25, 0.3) is 0 Å². The number of ether oxygens (including phenoxy) is 1. The number of morpholine rings is 1. The number of rotatable bonds is 5. The standard InChI is InChI=1S/C17H23FN6O2/c1-23-10-12(8-20-23)15(11-6-13(25)7-11)21-17-19-9-14(18)16(22-17)24-2-4-26-5-3-24/h8-11,13,15,25H,2-7H2,1H3,(H,19,21,22). The van der Waals surface area contributed by atoms with E-state index in [1.807, 2.05) is 18.1 Å². The van der Waals surface area contributed by atoms with Gasteiger partial charge in [-0.3, -0.25) is 4.68 Å². The van der Waals surface area contributed by atoms with E-state index in [9.17, 15) is 9.50 Å². The van der Waals surface area contributed by atoms with Crippen molar-refractivity contribution < 1.29 is 14.2 Å². The van der Waals surface area contributed by atoms with E-state index in [-0.39, 0.29) is 18.1 Å². The monoisotopic (exact) mass is 362 g/mol. The van der Waals surface area contributed by atoms with Gasteiger partial charge in [0.05, 0.1) is 37.8 Å². The highest BCUT2D eigenvalue weighted by Crippen LogP contribution is 2.39. The number of aryl methyl sites for hydroxylation is 1. The third-order valence-corrected chi connectivity index (χ3v) is 5.03. The van der Waals surface area contributed by atoms with Crippen LogP contribution in [0.2, 0.25) is 0 Å². The molecular weight excluding hydrogens is 339 g/mol. The second-order valence-corrected chi connectivity index (χ2v) is 6.92. The van der Waals surface area contributed by atoms with Crippen LogP contribution in [-0.4, -0.2) is 57.3 Å². The molecule has 2 aromatic heterocycles. The van der Waals surface area contributed by atoms with E-state index in [4.69, 9.17) is 4.74 Å². The highest BCUT2D eigenvalue weighted by molar-refractivity contribution is 5.45. The SMILES string of the molecule is Cn1cc(C(Nc2ncc(F)c(N3CCOCC3)n2)C2CC(O)C2)cn1. The molecule has 0 aromatic carbocycles. The van der Waals surface area contributed by atoms with Gasteiger partial charge in [-0.25, -0.2) is 9.37 Å². The number of halogens is 1. The molecule has 140 valence electrons. The summed E-state index contributed by atoms with van der Waals surface area (Å²) < 4.78 is 21.3. The van der Waals surface area contributed by atoms with Gasteiger partial charge in [-0.05, 0) is 18.8 Å². The van der Waals surface area contributed by atoms with Crippen LogP contribution in [-0.2, 0) is 11.8 Å². The molecule has 0 amide bonds. The molecule has 9 heteroatoms. The van der Waals surface area contributed by atoms with Gasteiger partial charge in [-0.1, -0.05) is 0 Å². The van der Waals surface area contributed by atoms with Crippen molar-refractivity contribution in [1.82, 2.24) is 19.7 Å². The highest BCUT2D eigenvalue weighted by Gasteiger charge is 2.36. The summed E-state index contributed by atoms with van der Waals surface area (Å²) in [5.41, 5.74) is 1.00. The fraction of sp³-hybridized carbons (Fsp3) is 0.588. The Morgan fingerprint density at radius 3 is 2.73 bits per heavy atom. The molecule has 2 aliphatic rings. The van der Waals surface area contributed by atoms with Gasteiger partial charge in [0, 0.05) is 31.9 Å². The summed E-state index contributed by atoms with van der Waals surface area (Å²) in [5.74, 6) is 0.497. The Bertz CT molecular complexity index is 757. The lowest BCUT2D eigenvalue weighted by atomic mass is 9.75. The third-order valence-electron chi connectivity index (χ3n) is 5.03. The average molecular weight is 362 g/mol. The highest BCUT2D eigenvalue weighted by atomic mass is 19.1. The van der Waals surface area contributed by atoms with Gasteiger partial charge in [-0.2, -0.15) is 10.1 Å². The molecule has 1 saturated heterocycles. The van der Waals surface area contributed by atoms with Crippen LogP contribution in [0.15, 0.2) is 18.6 Å². The maximum absolute atomic E-state index is 14.2. The van der Waals surface area contributed by atoms with E-state index in [1.54, 1.807) is 10.9 Å². The Labute approximate surface area is 151 Å². The van der Waals surface area contributed by atoms with Gasteiger partial charge in [0.1, 0.15) is 0 Å². The summed E-state index contributed by atoms with van der Waals surface area (Å²) in [6.45, 7) is 2.33. The number of aliphatic hydroxyl groups is 1. The zero-order chi connectivity index (χ0) is 18.1. The summed E-state index contributed by atoms with van der Waals surface area (Å²) in [7, 11) is 1.86. The molecule has 1 aliphatic carbocycles. The van der Waals surface area contributed by atoms with Crippen molar-refractivity contribution >= 4 is 11.8 Å². The molecular formula is C17H23FN6O2. The first-order valence-electron chi connectivity index (χ1n) is 8.88. The molecule has 2 aromatic rings. The fourth-order valence-corrected chi connectivity index (χ4v) is 3.54. The van der Waals surface area contributed by atoms with Crippen molar-refractivity contribution in [2.45, 2.75) is 25.0 Å². The topological polar surface area (TPSA) is 88.3 Å². The first kappa shape index (κ1) is 17.2. The Hall–Kier alpha value is -2.26. The predicted octanol–water partition coefficient (Wildman–Crippen LogP) is 1.11. The molecule has 3 heterocycles. The fourth-order valence-electron chi connectivity index (χ4n) is 3.54. The van der Waals surface area contributed by atoms with E-state index in [2.05, 4.69) is 20.4 Å². The first-order chi connectivity index (χ1) is 12.6. The number of hydrogen-bond donors (Lipinski definition) is 2. The van der Waals surface area contributed by atoms with Crippen molar-refractivity contribution in [3.63, 3.8) is 0 Å². The Balaban J connectivity index is 1.57. The van der Waals surface area contributed by atoms with Crippen LogP contribution in [0, 0.1) is 11.7 Å². The maximum atomic E-state index is 14.2. The largest absolute Gasteiger partial charge is 0.393 e. The number of aliphatic hydroxyl groups excluding tert-OH is 1. The quantitative estimate of drug-likeness (QED) is 0.824. The molecule has 26 heavy (non-hydrogen) atoms. The van der Waals surface area contributed by atoms with Crippen LogP contribution in [0.25, 0.3) is 0 Å². The molecule has 0 spiro atoms. The summed E-state index contributed by atoms with van der Waals surface area (Å²) in [6.07, 6.45) is 6.10. The van der Waals surface area contributed by atoms with Crippen LogP contribution in [0.3, 0.4) is 0 Å². The molecule has 1 atom stereocenters. The molecule has 2 fully saturated rings. The maximum Gasteiger partial charge on any atom is 0.225 e. The predicted molar refractivity (Wildman–Crippen MR) is 93.3 cm³/mol. The minimum absolute atomic E-state index is 0.0740. The zero-order valence-electron chi connectivity index (χ0n) is 14.7. The molecule has 2 N–H and O–H groups in total. The van der Waals surface area contributed by atoms with E-state index < -0.39 is 5.82 Å². The van der Waals surface area contributed by atoms with Crippen LogP contribution in [0.5, 0.6) is 0 Å². The van der Waals surface area contributed by atoms with Gasteiger partial charge >= 0.3 is 0 Å². The molecule has 4 rings (SSSR count). The van der Waals surface area contributed by atoms with E-state index in [0.717, 1.165) is 5.56 Å². The minimum atomic E-state index is -0.436. The van der Waals surface area contributed by atoms with Crippen molar-refractivity contribution in [2.24, 2.45) is 13.0 Å². The van der Waals surface area contributed by atoms with Crippen molar-refractivity contribution in [2.75, 3.05) is 36.5 Å². The van der Waals surface area contributed by atoms with Gasteiger partial charge in [-0.15, -0.1) is 0 Å². The summed E-state index contributed by atoms with van der Waals surface area (Å²) >= 11 is 0. The van der Waals surface area contributed by atoms with E-state index in [0.29, 0.717) is 50.9 Å². The number of hydrogen-bond acceptors (Lipinski definition) is 7. The van der Waals surface area contributed by atoms with Gasteiger partial charge < -0.3 is 20.1 Å². The van der Waals surface area contributed by atoms with Crippen LogP contribution in [0.1, 0.15) is 24.4 Å². The van der Waals surface area contributed by atoms with E-state index >= 15 is 0 Å². The molecule has 0 bridgehead atoms. The number of nitrogens with zero attached hydrogens (tertiary/aromatic N) is 5. The van der Waals surface area contributed by atoms with Crippen molar-refractivity contribution in [3.8, 4) is 0 Å². The molecule has 1 unspecified atom stereocenters. The summed E-state index contributed by atoms with van der Waals surface area (Å²) in [6, 6.07) is -0.0740. The van der Waals surface area contributed by atoms with Gasteiger partial charge in [0.15, 0.2) is 11.6 Å². The van der Waals surface area contributed by atoms with Crippen LogP contribution < -0.4 is 10.2 Å². The zero-order valence-corrected chi connectivity index (χ0v) is 14.7. The molecule has 1 aliphatic heterocycles. The van der Waals surface area contributed by atoms with Crippen molar-refractivity contribution in [3.05, 3.63) is 30.0 Å². The van der Waals surface area contributed by atoms with Crippen molar-refractivity contribution in [1.29, 1.82) is 0 Å². The smallest absolute Gasteiger partial charge is 0.225 e. The Kier molecular flexibility index (Phi) is 4.73. The normalized spacial score (nSPS) is 24.2. The lowest BCUT2D eigenvalue weighted by Gasteiger charge is -2.37. The van der Waals surface area contributed by atoms with Crippen LogP contribution >= 0.6 is 0 Å². The molecule has 1 saturated carbocycles. The first-order valence-corrected chi connectivity index (χ1v) is 8.88. The Morgan fingerprint density at radius 2 is 2.08 bits per heavy atom. The summed E-state index contributed by atoms with van der Waals surface area (Å²) in [5, 5.41) is 17.3. The number of aromatic nitrogens is 4.